The summed E-state index contributed by atoms with van der Waals surface area (Å²) >= 11 is 3.54. The SMILES string of the molecule is C#CCN1CCC(Nc2cc(C)cc(Br)c2)CC1. The minimum Gasteiger partial charge on any atom is -0.382 e. The second-order valence-electron chi connectivity index (χ2n) is 4.92. The summed E-state index contributed by atoms with van der Waals surface area (Å²) in [6.07, 6.45) is 7.66. The van der Waals surface area contributed by atoms with Gasteiger partial charge in [0.2, 0.25) is 0 Å². The first-order chi connectivity index (χ1) is 8.67. The molecule has 96 valence electrons. The van der Waals surface area contributed by atoms with Gasteiger partial charge in [-0.25, -0.2) is 0 Å². The molecule has 0 atom stereocenters. The second-order valence-corrected chi connectivity index (χ2v) is 5.83. The van der Waals surface area contributed by atoms with Crippen LogP contribution in [0.25, 0.3) is 0 Å². The number of terminal acetylenes is 1. The molecule has 1 N–H and O–H groups in total. The average Bonchev–Trinajstić information content (AvgIpc) is 2.31. The Hall–Kier alpha value is -0.980. The Balaban J connectivity index is 1.90. The van der Waals surface area contributed by atoms with Crippen molar-refractivity contribution in [2.24, 2.45) is 0 Å². The number of hydrogen-bond donors (Lipinski definition) is 1. The number of nitrogens with one attached hydrogen (secondary N) is 1. The summed E-state index contributed by atoms with van der Waals surface area (Å²) in [6, 6.07) is 7.02. The van der Waals surface area contributed by atoms with E-state index in [-0.39, 0.29) is 0 Å². The van der Waals surface area contributed by atoms with Crippen LogP contribution in [0.1, 0.15) is 18.4 Å². The fourth-order valence-electron chi connectivity index (χ4n) is 2.42. The predicted octanol–water partition coefficient (Wildman–Crippen LogP) is 3.27. The zero-order valence-corrected chi connectivity index (χ0v) is 12.3. The number of likely N-dealkylation sites (tertiary alicyclic amines) is 1. The highest BCUT2D eigenvalue weighted by Gasteiger charge is 2.18. The van der Waals surface area contributed by atoms with Crippen LogP contribution < -0.4 is 5.32 Å². The molecule has 1 aromatic rings. The molecule has 1 aliphatic rings. The first kappa shape index (κ1) is 13.5. The highest BCUT2D eigenvalue weighted by atomic mass is 79.9. The van der Waals surface area contributed by atoms with Crippen LogP contribution in [0, 0.1) is 19.3 Å². The number of aryl methyl sites for hydroxylation is 1. The molecular weight excluding hydrogens is 288 g/mol. The lowest BCUT2D eigenvalue weighted by Gasteiger charge is -2.31. The van der Waals surface area contributed by atoms with Crippen LogP contribution in [0.3, 0.4) is 0 Å². The lowest BCUT2D eigenvalue weighted by atomic mass is 10.0. The molecule has 1 fully saturated rings. The van der Waals surface area contributed by atoms with Crippen molar-refractivity contribution in [1.82, 2.24) is 4.90 Å². The van der Waals surface area contributed by atoms with Crippen molar-refractivity contribution in [3.05, 3.63) is 28.2 Å². The predicted molar refractivity (Wildman–Crippen MR) is 80.8 cm³/mol. The van der Waals surface area contributed by atoms with E-state index in [4.69, 9.17) is 6.42 Å². The number of halogens is 1. The maximum atomic E-state index is 5.34. The van der Waals surface area contributed by atoms with Gasteiger partial charge in [-0.2, -0.15) is 0 Å². The summed E-state index contributed by atoms with van der Waals surface area (Å²) < 4.78 is 1.13. The highest BCUT2D eigenvalue weighted by molar-refractivity contribution is 9.10. The molecule has 0 radical (unpaired) electrons. The molecule has 0 saturated carbocycles. The topological polar surface area (TPSA) is 15.3 Å². The van der Waals surface area contributed by atoms with Crippen molar-refractivity contribution in [3.63, 3.8) is 0 Å². The molecule has 1 aliphatic heterocycles. The first-order valence-electron chi connectivity index (χ1n) is 6.37. The first-order valence-corrected chi connectivity index (χ1v) is 7.16. The molecule has 0 amide bonds. The van der Waals surface area contributed by atoms with E-state index in [1.54, 1.807) is 0 Å². The van der Waals surface area contributed by atoms with E-state index in [0.717, 1.165) is 36.9 Å². The average molecular weight is 307 g/mol. The third-order valence-electron chi connectivity index (χ3n) is 3.32. The number of piperidine rings is 1. The van der Waals surface area contributed by atoms with Gasteiger partial charge in [-0.05, 0) is 43.5 Å². The standard InChI is InChI=1S/C15H19BrN2/c1-3-6-18-7-4-14(5-8-18)17-15-10-12(2)9-13(16)11-15/h1,9-11,14,17H,4-8H2,2H3. The number of rotatable bonds is 3. The minimum absolute atomic E-state index is 0.563. The van der Waals surface area contributed by atoms with Gasteiger partial charge in [0.15, 0.2) is 0 Å². The summed E-state index contributed by atoms with van der Waals surface area (Å²) in [4.78, 5) is 2.34. The van der Waals surface area contributed by atoms with E-state index >= 15 is 0 Å². The molecule has 0 aromatic heterocycles. The normalized spacial score (nSPS) is 17.4. The minimum atomic E-state index is 0.563. The Bertz CT molecular complexity index is 422. The molecule has 0 unspecified atom stereocenters. The van der Waals surface area contributed by atoms with Crippen LogP contribution in [0.15, 0.2) is 22.7 Å². The van der Waals surface area contributed by atoms with Crippen LogP contribution in [0.4, 0.5) is 5.69 Å². The van der Waals surface area contributed by atoms with Crippen molar-refractivity contribution < 1.29 is 0 Å². The molecule has 2 rings (SSSR count). The zero-order chi connectivity index (χ0) is 13.0. The van der Waals surface area contributed by atoms with Gasteiger partial charge in [0, 0.05) is 29.3 Å². The summed E-state index contributed by atoms with van der Waals surface area (Å²) in [6.45, 7) is 5.08. The van der Waals surface area contributed by atoms with Crippen molar-refractivity contribution in [3.8, 4) is 12.3 Å². The molecule has 0 aliphatic carbocycles. The van der Waals surface area contributed by atoms with E-state index in [1.807, 2.05) is 0 Å². The van der Waals surface area contributed by atoms with Crippen LogP contribution in [0.5, 0.6) is 0 Å². The van der Waals surface area contributed by atoms with E-state index in [9.17, 15) is 0 Å². The Labute approximate surface area is 118 Å². The Morgan fingerprint density at radius 3 is 2.72 bits per heavy atom. The highest BCUT2D eigenvalue weighted by Crippen LogP contribution is 2.22. The van der Waals surface area contributed by atoms with Gasteiger partial charge in [-0.15, -0.1) is 6.42 Å². The van der Waals surface area contributed by atoms with Gasteiger partial charge in [-0.1, -0.05) is 21.9 Å². The van der Waals surface area contributed by atoms with Gasteiger partial charge in [0.05, 0.1) is 6.54 Å². The van der Waals surface area contributed by atoms with Crippen LogP contribution >= 0.6 is 15.9 Å². The molecule has 0 spiro atoms. The Morgan fingerprint density at radius 1 is 1.39 bits per heavy atom. The van der Waals surface area contributed by atoms with Gasteiger partial charge >= 0.3 is 0 Å². The van der Waals surface area contributed by atoms with Gasteiger partial charge in [0.25, 0.3) is 0 Å². The van der Waals surface area contributed by atoms with Crippen LogP contribution in [-0.2, 0) is 0 Å². The smallest absolute Gasteiger partial charge is 0.0598 e. The zero-order valence-electron chi connectivity index (χ0n) is 10.7. The maximum Gasteiger partial charge on any atom is 0.0598 e. The fraction of sp³-hybridized carbons (Fsp3) is 0.467. The van der Waals surface area contributed by atoms with E-state index in [2.05, 4.69) is 57.2 Å². The quantitative estimate of drug-likeness (QED) is 0.862. The summed E-state index contributed by atoms with van der Waals surface area (Å²) in [5.41, 5.74) is 2.48. The number of nitrogens with zero attached hydrogens (tertiary/aromatic N) is 1. The Kier molecular flexibility index (Phi) is 4.68. The number of benzene rings is 1. The van der Waals surface area contributed by atoms with E-state index < -0.39 is 0 Å². The van der Waals surface area contributed by atoms with Gasteiger partial charge in [0.1, 0.15) is 0 Å². The number of anilines is 1. The molecular formula is C15H19BrN2. The summed E-state index contributed by atoms with van der Waals surface area (Å²) in [5.74, 6) is 2.72. The summed E-state index contributed by atoms with van der Waals surface area (Å²) in [7, 11) is 0. The molecule has 1 saturated heterocycles. The number of hydrogen-bond acceptors (Lipinski definition) is 2. The second kappa shape index (κ2) is 6.26. The fourth-order valence-corrected chi connectivity index (χ4v) is 3.03. The molecule has 0 bridgehead atoms. The van der Waals surface area contributed by atoms with Crippen molar-refractivity contribution in [2.75, 3.05) is 25.0 Å². The molecule has 1 aromatic carbocycles. The van der Waals surface area contributed by atoms with Gasteiger partial charge in [-0.3, -0.25) is 4.90 Å². The third-order valence-corrected chi connectivity index (χ3v) is 3.77. The molecule has 18 heavy (non-hydrogen) atoms. The lowest BCUT2D eigenvalue weighted by molar-refractivity contribution is 0.243. The molecule has 2 nitrogen and oxygen atoms in total. The largest absolute Gasteiger partial charge is 0.382 e. The van der Waals surface area contributed by atoms with E-state index in [1.165, 1.54) is 11.3 Å². The van der Waals surface area contributed by atoms with Gasteiger partial charge < -0.3 is 5.32 Å². The van der Waals surface area contributed by atoms with Crippen LogP contribution in [-0.4, -0.2) is 30.6 Å². The molecule has 1 heterocycles. The monoisotopic (exact) mass is 306 g/mol. The summed E-state index contributed by atoms with van der Waals surface area (Å²) in [5, 5.41) is 3.62. The third kappa shape index (κ3) is 3.76. The Morgan fingerprint density at radius 2 is 2.11 bits per heavy atom. The van der Waals surface area contributed by atoms with E-state index in [0.29, 0.717) is 6.04 Å². The lowest BCUT2D eigenvalue weighted by Crippen LogP contribution is -2.39. The van der Waals surface area contributed by atoms with Crippen molar-refractivity contribution in [1.29, 1.82) is 0 Å². The maximum absolute atomic E-state index is 5.34. The molecule has 3 heteroatoms. The van der Waals surface area contributed by atoms with Crippen molar-refractivity contribution in [2.45, 2.75) is 25.8 Å². The van der Waals surface area contributed by atoms with Crippen LogP contribution in [0.2, 0.25) is 0 Å². The van der Waals surface area contributed by atoms with Crippen molar-refractivity contribution >= 4 is 21.6 Å².